The molecule has 1 atom stereocenters. The van der Waals surface area contributed by atoms with Gasteiger partial charge in [0, 0.05) is 10.0 Å². The van der Waals surface area contributed by atoms with Crippen molar-refractivity contribution in [1.29, 1.82) is 10.5 Å². The molecule has 26 heavy (non-hydrogen) atoms. The van der Waals surface area contributed by atoms with E-state index in [1.54, 1.807) is 25.4 Å². The number of hydrogen-bond donors (Lipinski definition) is 4. The van der Waals surface area contributed by atoms with Crippen LogP contribution in [0.15, 0.2) is 27.7 Å². The van der Waals surface area contributed by atoms with Gasteiger partial charge in [-0.15, -0.1) is 0 Å². The van der Waals surface area contributed by atoms with Gasteiger partial charge in [0.25, 0.3) is 0 Å². The van der Waals surface area contributed by atoms with Crippen LogP contribution in [0.3, 0.4) is 0 Å². The second-order valence-corrected chi connectivity index (χ2v) is 6.14. The van der Waals surface area contributed by atoms with E-state index in [1.165, 1.54) is 0 Å². The number of hydrogen-bond acceptors (Lipinski definition) is 9. The van der Waals surface area contributed by atoms with Crippen LogP contribution in [0.25, 0.3) is 0 Å². The molecule has 0 saturated heterocycles. The molecule has 1 aromatic carbocycles. The van der Waals surface area contributed by atoms with E-state index in [9.17, 15) is 5.26 Å². The second-order valence-electron chi connectivity index (χ2n) is 5.29. The number of aliphatic imine (C=N–C) groups is 1. The lowest BCUT2D eigenvalue weighted by Gasteiger charge is -2.27. The molecule has 10 heteroatoms. The van der Waals surface area contributed by atoms with Gasteiger partial charge < -0.3 is 21.5 Å². The molecule has 0 aliphatic carbocycles. The van der Waals surface area contributed by atoms with Crippen molar-refractivity contribution in [3.8, 4) is 18.0 Å². The number of aromatic nitrogens is 1. The SMILES string of the molecule is COc1ccc(Br)c(C2N=C(NC#N)Nc3nc(N)c(C#N)c(N)c32)c1. The van der Waals surface area contributed by atoms with Gasteiger partial charge in [0.15, 0.2) is 6.19 Å². The molecule has 0 bridgehead atoms. The van der Waals surface area contributed by atoms with E-state index in [0.29, 0.717) is 17.1 Å². The first-order chi connectivity index (χ1) is 12.5. The molecule has 1 unspecified atom stereocenters. The highest BCUT2D eigenvalue weighted by Gasteiger charge is 2.30. The standard InChI is InChI=1S/C16H13BrN8O/c1-26-7-2-3-10(17)8(4-7)13-11-12(20)9(5-18)14(21)24-15(11)25-16(23-13)22-6-19/h2-4,13H,1H3,(H6,20,21,22,23,24,25). The molecule has 0 radical (unpaired) electrons. The Labute approximate surface area is 157 Å². The van der Waals surface area contributed by atoms with Crippen molar-refractivity contribution in [2.24, 2.45) is 4.99 Å². The number of halogens is 1. The minimum absolute atomic E-state index is 0.00193. The zero-order chi connectivity index (χ0) is 18.8. The fourth-order valence-electron chi connectivity index (χ4n) is 2.66. The maximum absolute atomic E-state index is 9.34. The van der Waals surface area contributed by atoms with Gasteiger partial charge in [-0.2, -0.15) is 10.5 Å². The molecule has 0 saturated carbocycles. The van der Waals surface area contributed by atoms with Crippen molar-refractivity contribution in [2.45, 2.75) is 6.04 Å². The maximum Gasteiger partial charge on any atom is 0.211 e. The largest absolute Gasteiger partial charge is 0.497 e. The quantitative estimate of drug-likeness (QED) is 0.429. The molecule has 2 aromatic rings. The highest BCUT2D eigenvalue weighted by molar-refractivity contribution is 9.10. The number of fused-ring (bicyclic) bond motifs is 1. The van der Waals surface area contributed by atoms with Crippen molar-refractivity contribution >= 4 is 39.2 Å². The molecular formula is C16H13BrN8O. The molecule has 0 fully saturated rings. The van der Waals surface area contributed by atoms with Crippen molar-refractivity contribution in [2.75, 3.05) is 23.9 Å². The predicted octanol–water partition coefficient (Wildman–Crippen LogP) is 1.83. The van der Waals surface area contributed by atoms with E-state index in [1.807, 2.05) is 12.1 Å². The lowest BCUT2D eigenvalue weighted by atomic mass is 9.95. The Morgan fingerprint density at radius 3 is 2.77 bits per heavy atom. The van der Waals surface area contributed by atoms with Gasteiger partial charge >= 0.3 is 0 Å². The van der Waals surface area contributed by atoms with Gasteiger partial charge in [0.05, 0.1) is 12.8 Å². The van der Waals surface area contributed by atoms with Crippen LogP contribution in [0.4, 0.5) is 17.3 Å². The summed E-state index contributed by atoms with van der Waals surface area (Å²) in [6, 6.07) is 6.73. The highest BCUT2D eigenvalue weighted by atomic mass is 79.9. The number of nitrogens with one attached hydrogen (secondary N) is 2. The summed E-state index contributed by atoms with van der Waals surface area (Å²) in [6.07, 6.45) is 1.81. The maximum atomic E-state index is 9.34. The molecule has 9 nitrogen and oxygen atoms in total. The third-order valence-corrected chi connectivity index (χ3v) is 4.58. The number of nitriles is 2. The van der Waals surface area contributed by atoms with Crippen LogP contribution in [0.5, 0.6) is 5.75 Å². The van der Waals surface area contributed by atoms with Crippen LogP contribution in [-0.2, 0) is 0 Å². The number of ether oxygens (including phenoxy) is 1. The van der Waals surface area contributed by atoms with Crippen molar-refractivity contribution < 1.29 is 4.74 Å². The van der Waals surface area contributed by atoms with E-state index in [-0.39, 0.29) is 23.0 Å². The normalized spacial score (nSPS) is 14.9. The predicted molar refractivity (Wildman–Crippen MR) is 100 cm³/mol. The Morgan fingerprint density at radius 2 is 2.12 bits per heavy atom. The molecule has 130 valence electrons. The Bertz CT molecular complexity index is 1000. The Kier molecular flexibility index (Phi) is 4.52. The van der Waals surface area contributed by atoms with Gasteiger partial charge in [-0.05, 0) is 23.8 Å². The van der Waals surface area contributed by atoms with E-state index in [4.69, 9.17) is 21.5 Å². The molecule has 3 rings (SSSR count). The first kappa shape index (κ1) is 17.3. The summed E-state index contributed by atoms with van der Waals surface area (Å²) < 4.78 is 6.04. The highest BCUT2D eigenvalue weighted by Crippen LogP contribution is 2.43. The fourth-order valence-corrected chi connectivity index (χ4v) is 3.13. The van der Waals surface area contributed by atoms with Gasteiger partial charge in [0.2, 0.25) is 5.96 Å². The number of nitrogen functional groups attached to an aromatic ring is 2. The molecule has 0 amide bonds. The monoisotopic (exact) mass is 412 g/mol. The first-order valence-corrected chi connectivity index (χ1v) is 8.11. The summed E-state index contributed by atoms with van der Waals surface area (Å²) in [5.74, 6) is 1.14. The van der Waals surface area contributed by atoms with E-state index in [0.717, 1.165) is 10.0 Å². The summed E-state index contributed by atoms with van der Waals surface area (Å²) in [7, 11) is 1.56. The number of guanidine groups is 1. The number of nitrogens with zero attached hydrogens (tertiary/aromatic N) is 4. The Hall–Kier alpha value is -3.50. The van der Waals surface area contributed by atoms with Crippen molar-refractivity contribution in [3.63, 3.8) is 0 Å². The summed E-state index contributed by atoms with van der Waals surface area (Å²) in [5, 5.41) is 23.6. The third-order valence-electron chi connectivity index (χ3n) is 3.86. The average molecular weight is 413 g/mol. The molecule has 0 spiro atoms. The number of benzene rings is 1. The van der Waals surface area contributed by atoms with Gasteiger partial charge in [-0.3, -0.25) is 5.32 Å². The minimum Gasteiger partial charge on any atom is -0.497 e. The number of rotatable bonds is 2. The minimum atomic E-state index is -0.633. The zero-order valence-electron chi connectivity index (χ0n) is 13.5. The molecule has 2 heterocycles. The van der Waals surface area contributed by atoms with Crippen LogP contribution in [-0.4, -0.2) is 18.1 Å². The number of pyridine rings is 1. The van der Waals surface area contributed by atoms with Crippen LogP contribution in [0.1, 0.15) is 22.7 Å². The van der Waals surface area contributed by atoms with Gasteiger partial charge in [0.1, 0.15) is 35.1 Å². The van der Waals surface area contributed by atoms with Crippen LogP contribution in [0, 0.1) is 22.8 Å². The van der Waals surface area contributed by atoms with Crippen LogP contribution in [0.2, 0.25) is 0 Å². The topological polar surface area (TPSA) is 158 Å². The first-order valence-electron chi connectivity index (χ1n) is 7.32. The summed E-state index contributed by atoms with van der Waals surface area (Å²) in [6.45, 7) is 0. The molecule has 6 N–H and O–H groups in total. The molecule has 1 aliphatic rings. The Morgan fingerprint density at radius 1 is 1.35 bits per heavy atom. The fraction of sp³-hybridized carbons (Fsp3) is 0.125. The number of methoxy groups -OCH3 is 1. The average Bonchev–Trinajstić information content (AvgIpc) is 2.62. The van der Waals surface area contributed by atoms with E-state index >= 15 is 0 Å². The zero-order valence-corrected chi connectivity index (χ0v) is 15.1. The van der Waals surface area contributed by atoms with Crippen molar-refractivity contribution in [3.05, 3.63) is 39.4 Å². The summed E-state index contributed by atoms with van der Waals surface area (Å²) in [4.78, 5) is 8.71. The lowest BCUT2D eigenvalue weighted by molar-refractivity contribution is 0.414. The lowest BCUT2D eigenvalue weighted by Crippen LogP contribution is -2.32. The molecular weight excluding hydrogens is 400 g/mol. The summed E-state index contributed by atoms with van der Waals surface area (Å²) >= 11 is 3.50. The number of anilines is 3. The number of nitrogens with two attached hydrogens (primary N) is 2. The second kappa shape index (κ2) is 6.78. The van der Waals surface area contributed by atoms with E-state index < -0.39 is 6.04 Å². The van der Waals surface area contributed by atoms with Crippen LogP contribution >= 0.6 is 15.9 Å². The van der Waals surface area contributed by atoms with E-state index in [2.05, 4.69) is 36.5 Å². The van der Waals surface area contributed by atoms with Gasteiger partial charge in [-0.25, -0.2) is 9.98 Å². The molecule has 1 aliphatic heterocycles. The van der Waals surface area contributed by atoms with Crippen molar-refractivity contribution in [1.82, 2.24) is 10.3 Å². The Balaban J connectivity index is 2.29. The smallest absolute Gasteiger partial charge is 0.211 e. The third kappa shape index (κ3) is 2.83. The molecule has 1 aromatic heterocycles. The summed E-state index contributed by atoms with van der Waals surface area (Å²) in [5.41, 5.74) is 13.5. The van der Waals surface area contributed by atoms with Crippen LogP contribution < -0.4 is 26.8 Å². The van der Waals surface area contributed by atoms with Gasteiger partial charge in [-0.1, -0.05) is 15.9 Å².